The van der Waals surface area contributed by atoms with Crippen LogP contribution in [0, 0.1) is 5.92 Å². The van der Waals surface area contributed by atoms with E-state index >= 15 is 0 Å². The summed E-state index contributed by atoms with van der Waals surface area (Å²) in [5, 5.41) is 0. The molecule has 1 rings (SSSR count). The minimum Gasteiger partial charge on any atom is -0.327 e. The SMILES string of the molecule is NCC1=CC[C@@H](C=O)C=C1. The van der Waals surface area contributed by atoms with Gasteiger partial charge < -0.3 is 10.5 Å². The molecule has 1 aliphatic rings. The number of aldehydes is 1. The molecule has 0 radical (unpaired) electrons. The number of carbonyl (C=O) groups excluding carboxylic acids is 1. The van der Waals surface area contributed by atoms with Crippen molar-refractivity contribution in [1.82, 2.24) is 0 Å². The van der Waals surface area contributed by atoms with Crippen molar-refractivity contribution >= 4 is 6.29 Å². The Labute approximate surface area is 60.4 Å². The number of allylic oxidation sites excluding steroid dienone is 2. The fraction of sp³-hybridized carbons (Fsp3) is 0.375. The van der Waals surface area contributed by atoms with E-state index in [-0.39, 0.29) is 5.92 Å². The molecule has 2 nitrogen and oxygen atoms in total. The van der Waals surface area contributed by atoms with Crippen molar-refractivity contribution in [2.24, 2.45) is 11.7 Å². The van der Waals surface area contributed by atoms with E-state index in [1.54, 1.807) is 0 Å². The summed E-state index contributed by atoms with van der Waals surface area (Å²) >= 11 is 0. The van der Waals surface area contributed by atoms with Crippen molar-refractivity contribution in [2.75, 3.05) is 6.54 Å². The van der Waals surface area contributed by atoms with Crippen LogP contribution in [0.15, 0.2) is 23.8 Å². The van der Waals surface area contributed by atoms with E-state index in [0.717, 1.165) is 18.3 Å². The van der Waals surface area contributed by atoms with Crippen molar-refractivity contribution in [3.8, 4) is 0 Å². The minimum atomic E-state index is 0.0790. The molecule has 1 aliphatic carbocycles. The van der Waals surface area contributed by atoms with Crippen LogP contribution in [-0.2, 0) is 4.79 Å². The Bertz CT molecular complexity index is 182. The van der Waals surface area contributed by atoms with E-state index in [4.69, 9.17) is 5.73 Å². The van der Waals surface area contributed by atoms with Crippen LogP contribution in [0.3, 0.4) is 0 Å². The van der Waals surface area contributed by atoms with Crippen molar-refractivity contribution in [3.63, 3.8) is 0 Å². The molecule has 0 saturated heterocycles. The van der Waals surface area contributed by atoms with E-state index in [2.05, 4.69) is 0 Å². The van der Waals surface area contributed by atoms with Crippen molar-refractivity contribution in [2.45, 2.75) is 6.42 Å². The molecule has 0 heterocycles. The van der Waals surface area contributed by atoms with Crippen LogP contribution in [0.25, 0.3) is 0 Å². The van der Waals surface area contributed by atoms with Crippen molar-refractivity contribution in [1.29, 1.82) is 0 Å². The molecule has 2 N–H and O–H groups in total. The quantitative estimate of drug-likeness (QED) is 0.568. The molecule has 0 bridgehead atoms. The molecule has 0 amide bonds. The Morgan fingerprint density at radius 1 is 1.80 bits per heavy atom. The monoisotopic (exact) mass is 137 g/mol. The van der Waals surface area contributed by atoms with Crippen molar-refractivity contribution in [3.05, 3.63) is 23.8 Å². The summed E-state index contributed by atoms with van der Waals surface area (Å²) in [5.41, 5.74) is 6.51. The largest absolute Gasteiger partial charge is 0.327 e. The molecular formula is C8H11NO. The van der Waals surface area contributed by atoms with Crippen LogP contribution in [-0.4, -0.2) is 12.8 Å². The molecule has 1 atom stereocenters. The van der Waals surface area contributed by atoms with Gasteiger partial charge in [-0.3, -0.25) is 0 Å². The maximum Gasteiger partial charge on any atom is 0.127 e. The van der Waals surface area contributed by atoms with Gasteiger partial charge in [-0.2, -0.15) is 0 Å². The molecule has 0 spiro atoms. The molecule has 54 valence electrons. The van der Waals surface area contributed by atoms with Gasteiger partial charge in [0.05, 0.1) is 0 Å². The zero-order chi connectivity index (χ0) is 7.40. The summed E-state index contributed by atoms with van der Waals surface area (Å²) < 4.78 is 0. The average Bonchev–Trinajstić information content (AvgIpc) is 2.05. The van der Waals surface area contributed by atoms with Gasteiger partial charge in [0.15, 0.2) is 0 Å². The second-order valence-electron chi connectivity index (χ2n) is 2.38. The van der Waals surface area contributed by atoms with Gasteiger partial charge in [-0.25, -0.2) is 0 Å². The Hall–Kier alpha value is -0.890. The highest BCUT2D eigenvalue weighted by atomic mass is 16.1. The van der Waals surface area contributed by atoms with Crippen molar-refractivity contribution < 1.29 is 4.79 Å². The second kappa shape index (κ2) is 3.32. The zero-order valence-electron chi connectivity index (χ0n) is 5.79. The minimum absolute atomic E-state index is 0.0790. The summed E-state index contributed by atoms with van der Waals surface area (Å²) in [6.07, 6.45) is 7.60. The molecular weight excluding hydrogens is 126 g/mol. The van der Waals surface area contributed by atoms with Gasteiger partial charge in [0, 0.05) is 12.5 Å². The summed E-state index contributed by atoms with van der Waals surface area (Å²) in [4.78, 5) is 10.2. The topological polar surface area (TPSA) is 43.1 Å². The third-order valence-corrected chi connectivity index (χ3v) is 1.62. The van der Waals surface area contributed by atoms with Gasteiger partial charge in [0.2, 0.25) is 0 Å². The Morgan fingerprint density at radius 3 is 3.00 bits per heavy atom. The number of hydrogen-bond acceptors (Lipinski definition) is 2. The first-order valence-corrected chi connectivity index (χ1v) is 3.39. The van der Waals surface area contributed by atoms with Gasteiger partial charge in [0.25, 0.3) is 0 Å². The first-order valence-electron chi connectivity index (χ1n) is 3.39. The number of rotatable bonds is 2. The molecule has 10 heavy (non-hydrogen) atoms. The van der Waals surface area contributed by atoms with Gasteiger partial charge >= 0.3 is 0 Å². The van der Waals surface area contributed by atoms with Crippen LogP contribution < -0.4 is 5.73 Å². The lowest BCUT2D eigenvalue weighted by atomic mass is 9.98. The van der Waals surface area contributed by atoms with E-state index < -0.39 is 0 Å². The third-order valence-electron chi connectivity index (χ3n) is 1.62. The molecule has 0 aromatic heterocycles. The first-order chi connectivity index (χ1) is 4.86. The number of hydrogen-bond donors (Lipinski definition) is 1. The Morgan fingerprint density at radius 2 is 2.60 bits per heavy atom. The van der Waals surface area contributed by atoms with Crippen LogP contribution in [0.1, 0.15) is 6.42 Å². The van der Waals surface area contributed by atoms with Gasteiger partial charge in [-0.15, -0.1) is 0 Å². The highest BCUT2D eigenvalue weighted by Crippen LogP contribution is 2.12. The maximum atomic E-state index is 10.2. The van der Waals surface area contributed by atoms with Gasteiger partial charge in [0.1, 0.15) is 6.29 Å². The van der Waals surface area contributed by atoms with Crippen LogP contribution in [0.2, 0.25) is 0 Å². The summed E-state index contributed by atoms with van der Waals surface area (Å²) in [7, 11) is 0. The molecule has 2 heteroatoms. The lowest BCUT2D eigenvalue weighted by molar-refractivity contribution is -0.109. The fourth-order valence-corrected chi connectivity index (χ4v) is 0.934. The smallest absolute Gasteiger partial charge is 0.127 e. The molecule has 0 fully saturated rings. The molecule has 0 aliphatic heterocycles. The lowest BCUT2D eigenvalue weighted by Crippen LogP contribution is -2.07. The van der Waals surface area contributed by atoms with E-state index in [0.29, 0.717) is 6.54 Å². The fourth-order valence-electron chi connectivity index (χ4n) is 0.934. The maximum absolute atomic E-state index is 10.2. The molecule has 0 aromatic carbocycles. The standard InChI is InChI=1S/C8H11NO/c9-5-7-1-3-8(6-10)4-2-7/h1-3,6,8H,4-5,9H2/t8-/m0/s1. The predicted molar refractivity (Wildman–Crippen MR) is 40.4 cm³/mol. The lowest BCUT2D eigenvalue weighted by Gasteiger charge is -2.08. The third kappa shape index (κ3) is 1.54. The number of nitrogens with two attached hydrogens (primary N) is 1. The molecule has 0 unspecified atom stereocenters. The highest BCUT2D eigenvalue weighted by molar-refractivity contribution is 5.58. The second-order valence-corrected chi connectivity index (χ2v) is 2.38. The van der Waals surface area contributed by atoms with Crippen LogP contribution in [0.4, 0.5) is 0 Å². The normalized spacial score (nSPS) is 24.1. The Kier molecular flexibility index (Phi) is 2.40. The number of carbonyl (C=O) groups is 1. The van der Waals surface area contributed by atoms with Crippen LogP contribution >= 0.6 is 0 Å². The van der Waals surface area contributed by atoms with E-state index in [9.17, 15) is 4.79 Å². The zero-order valence-corrected chi connectivity index (χ0v) is 5.79. The van der Waals surface area contributed by atoms with Gasteiger partial charge in [-0.05, 0) is 12.0 Å². The van der Waals surface area contributed by atoms with E-state index in [1.807, 2.05) is 18.2 Å². The summed E-state index contributed by atoms with van der Waals surface area (Å²) in [6.45, 7) is 0.572. The first kappa shape index (κ1) is 7.22. The Balaban J connectivity index is 2.54. The van der Waals surface area contributed by atoms with E-state index in [1.165, 1.54) is 0 Å². The average molecular weight is 137 g/mol. The van der Waals surface area contributed by atoms with Gasteiger partial charge in [-0.1, -0.05) is 18.2 Å². The predicted octanol–water partition coefficient (Wildman–Crippen LogP) is 0.646. The summed E-state index contributed by atoms with van der Waals surface area (Å²) in [5.74, 6) is 0.0790. The summed E-state index contributed by atoms with van der Waals surface area (Å²) in [6, 6.07) is 0. The molecule has 0 saturated carbocycles. The van der Waals surface area contributed by atoms with Crippen LogP contribution in [0.5, 0.6) is 0 Å². The highest BCUT2D eigenvalue weighted by Gasteiger charge is 2.04. The molecule has 0 aromatic rings.